The maximum absolute atomic E-state index is 12.8. The molecule has 2 heterocycles. The number of rotatable bonds is 4. The van der Waals surface area contributed by atoms with Crippen LogP contribution in [0.5, 0.6) is 0 Å². The highest BCUT2D eigenvalue weighted by molar-refractivity contribution is 6.34. The summed E-state index contributed by atoms with van der Waals surface area (Å²) in [6, 6.07) is 14.1. The van der Waals surface area contributed by atoms with E-state index >= 15 is 0 Å². The van der Waals surface area contributed by atoms with E-state index in [1.165, 1.54) is 6.20 Å². The van der Waals surface area contributed by atoms with E-state index < -0.39 is 17.9 Å². The van der Waals surface area contributed by atoms with Gasteiger partial charge in [0.2, 0.25) is 0 Å². The van der Waals surface area contributed by atoms with E-state index in [0.29, 0.717) is 16.5 Å². The minimum absolute atomic E-state index is 0.0182. The summed E-state index contributed by atoms with van der Waals surface area (Å²) in [5.41, 5.74) is 2.60. The Balaban J connectivity index is 1.73. The highest BCUT2D eigenvalue weighted by atomic mass is 35.5. The average molecular weight is 409 g/mol. The lowest BCUT2D eigenvalue weighted by atomic mass is 10.0. The first-order valence-electron chi connectivity index (χ1n) is 8.86. The van der Waals surface area contributed by atoms with Crippen molar-refractivity contribution in [1.82, 2.24) is 9.78 Å². The highest BCUT2D eigenvalue weighted by Crippen LogP contribution is 2.33. The fraction of sp³-hybridized carbons (Fsp3) is 0.0952. The van der Waals surface area contributed by atoms with Gasteiger partial charge < -0.3 is 15.7 Å². The molecule has 0 saturated heterocycles. The van der Waals surface area contributed by atoms with Crippen molar-refractivity contribution in [3.63, 3.8) is 0 Å². The quantitative estimate of drug-likeness (QED) is 0.604. The highest BCUT2D eigenvalue weighted by Gasteiger charge is 2.29. The summed E-state index contributed by atoms with van der Waals surface area (Å²) in [5, 5.41) is 19.8. The van der Waals surface area contributed by atoms with Crippen LogP contribution in [0, 0.1) is 6.92 Å². The average Bonchev–Trinajstić information content (AvgIpc) is 3.14. The van der Waals surface area contributed by atoms with E-state index in [2.05, 4.69) is 15.7 Å². The zero-order valence-electron chi connectivity index (χ0n) is 15.4. The molecular weight excluding hydrogens is 392 g/mol. The van der Waals surface area contributed by atoms with Gasteiger partial charge in [-0.15, -0.1) is 0 Å². The maximum Gasteiger partial charge on any atom is 0.352 e. The van der Waals surface area contributed by atoms with Gasteiger partial charge in [0.05, 0.1) is 22.9 Å². The molecule has 1 aromatic heterocycles. The van der Waals surface area contributed by atoms with Crippen LogP contribution in [0.2, 0.25) is 5.02 Å². The number of aromatic nitrogens is 2. The largest absolute Gasteiger partial charge is 0.477 e. The second-order valence-corrected chi connectivity index (χ2v) is 7.06. The molecule has 1 atom stereocenters. The van der Waals surface area contributed by atoms with Crippen LogP contribution in [0.25, 0.3) is 0 Å². The maximum atomic E-state index is 12.8. The molecule has 1 aliphatic rings. The van der Waals surface area contributed by atoms with Gasteiger partial charge in [0, 0.05) is 0 Å². The van der Waals surface area contributed by atoms with Gasteiger partial charge >= 0.3 is 5.97 Å². The van der Waals surface area contributed by atoms with Gasteiger partial charge in [-0.2, -0.15) is 5.10 Å². The SMILES string of the molecule is Cc1ccc(C2C=C(C(=O)O)Nc3c(C(=O)Nc4ccccc4Cl)cnn32)cc1. The van der Waals surface area contributed by atoms with Crippen LogP contribution in [0.15, 0.2) is 66.5 Å². The smallest absolute Gasteiger partial charge is 0.352 e. The molecule has 3 aromatic rings. The Morgan fingerprint density at radius 1 is 1.17 bits per heavy atom. The third-order valence-corrected chi connectivity index (χ3v) is 4.98. The number of carbonyl (C=O) groups is 2. The molecule has 0 spiro atoms. The molecule has 1 aliphatic heterocycles. The van der Waals surface area contributed by atoms with Crippen LogP contribution in [-0.4, -0.2) is 26.8 Å². The summed E-state index contributed by atoms with van der Waals surface area (Å²) >= 11 is 6.12. The van der Waals surface area contributed by atoms with Crippen molar-refractivity contribution in [3.8, 4) is 0 Å². The Morgan fingerprint density at radius 3 is 2.59 bits per heavy atom. The lowest BCUT2D eigenvalue weighted by Crippen LogP contribution is -2.25. The number of carboxylic acids is 1. The number of para-hydroxylation sites is 1. The number of anilines is 2. The van der Waals surface area contributed by atoms with Gasteiger partial charge in [0.15, 0.2) is 0 Å². The summed E-state index contributed by atoms with van der Waals surface area (Å²) in [6.07, 6.45) is 2.98. The molecule has 1 amide bonds. The first-order chi connectivity index (χ1) is 13.9. The number of aryl methyl sites for hydroxylation is 1. The number of hydrogen-bond donors (Lipinski definition) is 3. The van der Waals surface area contributed by atoms with Crippen molar-refractivity contribution >= 4 is 35.0 Å². The Hall–Kier alpha value is -3.58. The van der Waals surface area contributed by atoms with Crippen molar-refractivity contribution in [2.45, 2.75) is 13.0 Å². The van der Waals surface area contributed by atoms with Crippen molar-refractivity contribution in [2.75, 3.05) is 10.6 Å². The van der Waals surface area contributed by atoms with Gasteiger partial charge in [-0.1, -0.05) is 53.6 Å². The Labute approximate surface area is 171 Å². The van der Waals surface area contributed by atoms with Crippen molar-refractivity contribution in [3.05, 3.63) is 88.2 Å². The van der Waals surface area contributed by atoms with E-state index in [4.69, 9.17) is 11.6 Å². The lowest BCUT2D eigenvalue weighted by Gasteiger charge is -2.24. The van der Waals surface area contributed by atoms with E-state index in [9.17, 15) is 14.7 Å². The number of carboxylic acid groups (broad SMARTS) is 1. The van der Waals surface area contributed by atoms with Crippen LogP contribution < -0.4 is 10.6 Å². The number of hydrogen-bond acceptors (Lipinski definition) is 4. The molecule has 0 fully saturated rings. The minimum atomic E-state index is -1.12. The van der Waals surface area contributed by atoms with Crippen molar-refractivity contribution < 1.29 is 14.7 Å². The first-order valence-corrected chi connectivity index (χ1v) is 9.24. The number of nitrogens with zero attached hydrogens (tertiary/aromatic N) is 2. The van der Waals surface area contributed by atoms with Gasteiger partial charge in [-0.3, -0.25) is 4.79 Å². The molecule has 7 nitrogen and oxygen atoms in total. The predicted molar refractivity (Wildman–Crippen MR) is 110 cm³/mol. The fourth-order valence-corrected chi connectivity index (χ4v) is 3.32. The summed E-state index contributed by atoms with van der Waals surface area (Å²) in [7, 11) is 0. The number of allylic oxidation sites excluding steroid dienone is 1. The van der Waals surface area contributed by atoms with Crippen LogP contribution in [0.3, 0.4) is 0 Å². The standard InChI is InChI=1S/C21H17ClN4O3/c1-12-6-8-13(9-7-12)18-10-17(21(28)29)24-19-14(11-23-26(18)19)20(27)25-16-5-3-2-4-15(16)22/h2-11,18,24H,1H3,(H,25,27)(H,28,29). The molecule has 4 rings (SSSR count). The second kappa shape index (κ2) is 7.44. The van der Waals surface area contributed by atoms with E-state index in [0.717, 1.165) is 11.1 Å². The molecule has 0 radical (unpaired) electrons. The van der Waals surface area contributed by atoms with E-state index in [1.807, 2.05) is 31.2 Å². The molecule has 1 unspecified atom stereocenters. The monoisotopic (exact) mass is 408 g/mol. The van der Waals surface area contributed by atoms with E-state index in [1.54, 1.807) is 35.0 Å². The molecule has 8 heteroatoms. The molecular formula is C21H17ClN4O3. The normalized spacial score (nSPS) is 15.1. The molecule has 0 bridgehead atoms. The molecule has 29 heavy (non-hydrogen) atoms. The molecule has 0 saturated carbocycles. The fourth-order valence-electron chi connectivity index (χ4n) is 3.14. The van der Waals surface area contributed by atoms with E-state index in [-0.39, 0.29) is 11.3 Å². The zero-order chi connectivity index (χ0) is 20.5. The van der Waals surface area contributed by atoms with Crippen LogP contribution in [-0.2, 0) is 4.79 Å². The first kappa shape index (κ1) is 18.8. The van der Waals surface area contributed by atoms with Gasteiger partial charge in [-0.05, 0) is 30.7 Å². The number of carbonyl (C=O) groups excluding carboxylic acids is 1. The Bertz CT molecular complexity index is 1140. The van der Waals surface area contributed by atoms with Crippen LogP contribution in [0.4, 0.5) is 11.5 Å². The Morgan fingerprint density at radius 2 is 1.90 bits per heavy atom. The summed E-state index contributed by atoms with van der Waals surface area (Å²) < 4.78 is 1.60. The third kappa shape index (κ3) is 3.60. The minimum Gasteiger partial charge on any atom is -0.477 e. The number of amides is 1. The number of aliphatic carboxylic acids is 1. The molecule has 0 aliphatic carbocycles. The van der Waals surface area contributed by atoms with Crippen LogP contribution in [0.1, 0.15) is 27.5 Å². The number of fused-ring (bicyclic) bond motifs is 1. The molecule has 146 valence electrons. The number of nitrogens with one attached hydrogen (secondary N) is 2. The Kier molecular flexibility index (Phi) is 4.82. The topological polar surface area (TPSA) is 96.2 Å². The predicted octanol–water partition coefficient (Wildman–Crippen LogP) is 4.08. The van der Waals surface area contributed by atoms with Crippen LogP contribution >= 0.6 is 11.6 Å². The lowest BCUT2D eigenvalue weighted by molar-refractivity contribution is -0.132. The van der Waals surface area contributed by atoms with Crippen molar-refractivity contribution in [2.24, 2.45) is 0 Å². The number of benzene rings is 2. The summed E-state index contributed by atoms with van der Waals surface area (Å²) in [4.78, 5) is 24.5. The number of halogens is 1. The zero-order valence-corrected chi connectivity index (χ0v) is 16.1. The third-order valence-electron chi connectivity index (χ3n) is 4.65. The van der Waals surface area contributed by atoms with Gasteiger partial charge in [0.1, 0.15) is 17.1 Å². The van der Waals surface area contributed by atoms with Gasteiger partial charge in [-0.25, -0.2) is 9.48 Å². The molecule has 2 aromatic carbocycles. The second-order valence-electron chi connectivity index (χ2n) is 6.65. The van der Waals surface area contributed by atoms with Gasteiger partial charge in [0.25, 0.3) is 5.91 Å². The summed E-state index contributed by atoms with van der Waals surface area (Å²) in [6.45, 7) is 1.97. The van der Waals surface area contributed by atoms with Crippen molar-refractivity contribution in [1.29, 1.82) is 0 Å². The summed E-state index contributed by atoms with van der Waals surface area (Å²) in [5.74, 6) is -1.26. The molecule has 3 N–H and O–H groups in total.